The summed E-state index contributed by atoms with van der Waals surface area (Å²) < 4.78 is 10.6. The lowest BCUT2D eigenvalue weighted by molar-refractivity contribution is 0.310. The molecule has 0 radical (unpaired) electrons. The second-order valence-electron chi connectivity index (χ2n) is 5.05. The molecule has 0 saturated carbocycles. The Balaban J connectivity index is 2.06. The molecule has 112 valence electrons. The van der Waals surface area contributed by atoms with Crippen molar-refractivity contribution in [2.45, 2.75) is 13.1 Å². The van der Waals surface area contributed by atoms with Crippen LogP contribution in [0.4, 0.5) is 5.69 Å². The molecule has 4 heteroatoms. The van der Waals surface area contributed by atoms with Gasteiger partial charge in [-0.25, -0.2) is 0 Å². The van der Waals surface area contributed by atoms with Crippen molar-refractivity contribution in [1.82, 2.24) is 4.90 Å². The third-order valence-corrected chi connectivity index (χ3v) is 3.43. The molecule has 0 spiro atoms. The highest BCUT2D eigenvalue weighted by molar-refractivity contribution is 5.51. The van der Waals surface area contributed by atoms with E-state index in [2.05, 4.69) is 18.0 Å². The predicted molar refractivity (Wildman–Crippen MR) is 85.6 cm³/mol. The van der Waals surface area contributed by atoms with Gasteiger partial charge in [0.25, 0.3) is 0 Å². The molecule has 0 bridgehead atoms. The number of anilines is 1. The van der Waals surface area contributed by atoms with Crippen LogP contribution in [0.3, 0.4) is 0 Å². The van der Waals surface area contributed by atoms with Gasteiger partial charge in [-0.05, 0) is 24.7 Å². The zero-order valence-electron chi connectivity index (χ0n) is 12.8. The van der Waals surface area contributed by atoms with Crippen LogP contribution in [0.1, 0.15) is 11.1 Å². The number of nitrogen functional groups attached to an aromatic ring is 1. The zero-order valence-corrected chi connectivity index (χ0v) is 12.8. The number of methoxy groups -OCH3 is 2. The van der Waals surface area contributed by atoms with E-state index in [9.17, 15) is 0 Å². The Bertz CT molecular complexity index is 599. The van der Waals surface area contributed by atoms with Gasteiger partial charge in [-0.2, -0.15) is 0 Å². The molecule has 2 aromatic carbocycles. The largest absolute Gasteiger partial charge is 0.497 e. The minimum atomic E-state index is 0.751. The van der Waals surface area contributed by atoms with E-state index in [0.717, 1.165) is 41.4 Å². The van der Waals surface area contributed by atoms with Crippen molar-refractivity contribution in [1.29, 1.82) is 0 Å². The number of hydrogen-bond donors (Lipinski definition) is 1. The molecular formula is C17H22N2O2. The maximum atomic E-state index is 6.06. The van der Waals surface area contributed by atoms with Gasteiger partial charge in [-0.1, -0.05) is 24.3 Å². The van der Waals surface area contributed by atoms with E-state index in [1.807, 2.05) is 36.4 Å². The smallest absolute Gasteiger partial charge is 0.123 e. The fourth-order valence-electron chi connectivity index (χ4n) is 2.32. The lowest BCUT2D eigenvalue weighted by Crippen LogP contribution is -2.18. The van der Waals surface area contributed by atoms with Crippen LogP contribution in [0, 0.1) is 0 Å². The van der Waals surface area contributed by atoms with Crippen LogP contribution >= 0.6 is 0 Å². The maximum Gasteiger partial charge on any atom is 0.123 e. The average molecular weight is 286 g/mol. The molecule has 4 nitrogen and oxygen atoms in total. The highest BCUT2D eigenvalue weighted by atomic mass is 16.5. The molecule has 0 heterocycles. The van der Waals surface area contributed by atoms with E-state index < -0.39 is 0 Å². The molecule has 0 aliphatic heterocycles. The first kappa shape index (κ1) is 15.2. The number of benzene rings is 2. The monoisotopic (exact) mass is 286 g/mol. The molecule has 0 aliphatic carbocycles. The van der Waals surface area contributed by atoms with Crippen molar-refractivity contribution in [2.24, 2.45) is 0 Å². The summed E-state index contributed by atoms with van der Waals surface area (Å²) in [6.07, 6.45) is 0. The molecule has 2 aromatic rings. The van der Waals surface area contributed by atoms with Gasteiger partial charge in [0, 0.05) is 30.4 Å². The van der Waals surface area contributed by atoms with Crippen LogP contribution in [-0.4, -0.2) is 26.2 Å². The summed E-state index contributed by atoms with van der Waals surface area (Å²) in [6.45, 7) is 1.57. The van der Waals surface area contributed by atoms with Gasteiger partial charge >= 0.3 is 0 Å². The molecule has 0 amide bonds. The van der Waals surface area contributed by atoms with Gasteiger partial charge in [-0.3, -0.25) is 4.90 Å². The number of nitrogens with two attached hydrogens (primary N) is 1. The highest BCUT2D eigenvalue weighted by Crippen LogP contribution is 2.23. The van der Waals surface area contributed by atoms with Crippen LogP contribution in [-0.2, 0) is 13.1 Å². The lowest BCUT2D eigenvalue weighted by Gasteiger charge is -2.19. The minimum Gasteiger partial charge on any atom is -0.497 e. The quantitative estimate of drug-likeness (QED) is 0.829. The molecule has 2 rings (SSSR count). The van der Waals surface area contributed by atoms with Crippen molar-refractivity contribution < 1.29 is 9.47 Å². The van der Waals surface area contributed by atoms with Gasteiger partial charge in [0.05, 0.1) is 14.2 Å². The number of rotatable bonds is 6. The highest BCUT2D eigenvalue weighted by Gasteiger charge is 2.08. The second-order valence-corrected chi connectivity index (χ2v) is 5.05. The topological polar surface area (TPSA) is 47.7 Å². The Morgan fingerprint density at radius 3 is 2.33 bits per heavy atom. The van der Waals surface area contributed by atoms with Gasteiger partial charge in [-0.15, -0.1) is 0 Å². The van der Waals surface area contributed by atoms with Crippen molar-refractivity contribution in [3.8, 4) is 11.5 Å². The third-order valence-electron chi connectivity index (χ3n) is 3.43. The number of para-hydroxylation sites is 1. The molecule has 0 aliphatic rings. The van der Waals surface area contributed by atoms with E-state index in [4.69, 9.17) is 15.2 Å². The maximum absolute atomic E-state index is 6.06. The Kier molecular flexibility index (Phi) is 5.06. The summed E-state index contributed by atoms with van der Waals surface area (Å²) in [5.74, 6) is 1.69. The Hall–Kier alpha value is -2.20. The normalized spacial score (nSPS) is 10.7. The predicted octanol–water partition coefficient (Wildman–Crippen LogP) is 2.92. The molecule has 2 N–H and O–H groups in total. The first-order valence-electron chi connectivity index (χ1n) is 6.87. The summed E-state index contributed by atoms with van der Waals surface area (Å²) in [6, 6.07) is 13.8. The van der Waals surface area contributed by atoms with Crippen LogP contribution in [0.2, 0.25) is 0 Å². The number of ether oxygens (including phenoxy) is 2. The van der Waals surface area contributed by atoms with Crippen LogP contribution < -0.4 is 15.2 Å². The van der Waals surface area contributed by atoms with E-state index in [-0.39, 0.29) is 0 Å². The summed E-state index contributed by atoms with van der Waals surface area (Å²) in [5, 5.41) is 0. The number of hydrogen-bond acceptors (Lipinski definition) is 4. The minimum absolute atomic E-state index is 0.751. The van der Waals surface area contributed by atoms with Crippen LogP contribution in [0.5, 0.6) is 11.5 Å². The van der Waals surface area contributed by atoms with E-state index in [1.54, 1.807) is 14.2 Å². The lowest BCUT2D eigenvalue weighted by atomic mass is 10.1. The Labute approximate surface area is 126 Å². The van der Waals surface area contributed by atoms with Crippen LogP contribution in [0.25, 0.3) is 0 Å². The Morgan fingerprint density at radius 2 is 1.67 bits per heavy atom. The summed E-state index contributed by atoms with van der Waals surface area (Å²) >= 11 is 0. The van der Waals surface area contributed by atoms with Gasteiger partial charge < -0.3 is 15.2 Å². The fraction of sp³-hybridized carbons (Fsp3) is 0.294. The first-order valence-corrected chi connectivity index (χ1v) is 6.87. The van der Waals surface area contributed by atoms with Gasteiger partial charge in [0.15, 0.2) is 0 Å². The molecule has 0 atom stereocenters. The fourth-order valence-corrected chi connectivity index (χ4v) is 2.32. The second kappa shape index (κ2) is 6.99. The average Bonchev–Trinajstić information content (AvgIpc) is 2.49. The summed E-state index contributed by atoms with van der Waals surface area (Å²) in [4.78, 5) is 2.20. The van der Waals surface area contributed by atoms with Crippen molar-refractivity contribution in [3.05, 3.63) is 53.6 Å². The van der Waals surface area contributed by atoms with Crippen molar-refractivity contribution >= 4 is 5.69 Å². The van der Waals surface area contributed by atoms with Crippen molar-refractivity contribution in [3.63, 3.8) is 0 Å². The van der Waals surface area contributed by atoms with E-state index >= 15 is 0 Å². The zero-order chi connectivity index (χ0) is 15.2. The van der Waals surface area contributed by atoms with Crippen molar-refractivity contribution in [2.75, 3.05) is 27.0 Å². The molecule has 21 heavy (non-hydrogen) atoms. The number of nitrogens with zero attached hydrogens (tertiary/aromatic N) is 1. The van der Waals surface area contributed by atoms with Gasteiger partial charge in [0.1, 0.15) is 11.5 Å². The third kappa shape index (κ3) is 3.89. The molecule has 0 saturated heterocycles. The summed E-state index contributed by atoms with van der Waals surface area (Å²) in [7, 11) is 5.40. The molecule has 0 aromatic heterocycles. The van der Waals surface area contributed by atoms with Crippen LogP contribution in [0.15, 0.2) is 42.5 Å². The molecular weight excluding hydrogens is 264 g/mol. The SMILES string of the molecule is COc1ccc(CN(C)Cc2ccccc2OC)c(N)c1. The Morgan fingerprint density at radius 1 is 0.952 bits per heavy atom. The summed E-state index contributed by atoms with van der Waals surface area (Å²) in [5.41, 5.74) is 9.07. The first-order chi connectivity index (χ1) is 10.1. The molecule has 0 unspecified atom stereocenters. The standard InChI is InChI=1S/C17H22N2O2/c1-19(12-14-6-4-5-7-17(14)21-3)11-13-8-9-15(20-2)10-16(13)18/h4-10H,11-12,18H2,1-3H3. The van der Waals surface area contributed by atoms with E-state index in [1.165, 1.54) is 0 Å². The molecule has 0 fully saturated rings. The van der Waals surface area contributed by atoms with E-state index in [0.29, 0.717) is 0 Å². The van der Waals surface area contributed by atoms with Gasteiger partial charge in [0.2, 0.25) is 0 Å².